The van der Waals surface area contributed by atoms with Crippen LogP contribution >= 0.6 is 0 Å². The minimum absolute atomic E-state index is 0.0274. The predicted molar refractivity (Wildman–Crippen MR) is 327 cm³/mol. The number of hydrogen-bond donors (Lipinski definition) is 5. The average molecular weight is 1240 g/mol. The summed E-state index contributed by atoms with van der Waals surface area (Å²) >= 11 is 0. The van der Waals surface area contributed by atoms with Crippen molar-refractivity contribution in [3.05, 3.63) is 130 Å². The predicted octanol–water partition coefficient (Wildman–Crippen LogP) is 8.98. The van der Waals surface area contributed by atoms with Crippen molar-refractivity contribution in [1.29, 1.82) is 0 Å². The number of nitrogens with two attached hydrogens (primary N) is 1. The molecule has 0 aromatic heterocycles. The standard InChI is InChI=1S/C31H45N3O9S.C31H47N3O7S/c1-29(2,3)43-28(36)32-26(19-23-11-8-7-9-12-23)27(35)21-33(22-30(4,5)15-16-31(6)41-17-18-42-31)44(39,40)25-14-10-13-24(20-25)34(37)38;1-29(2,3)41-28(36)33-26(19-23-11-8-7-9-12-23)27(35)21-34(42(37,38)25-14-10-13-24(32)20-25)22-30(4,5)15-16-31(6)39-17-18-40-31/h7-14,20,26-27,35H,15-19,21-22H2,1-6H3,(H,32,36);7-14,20,26-27,35H,15-19,21-22,32H2,1-6H3,(H,33,36)/t2*26-,27?/m00/s1. The number of anilines is 1. The Bertz CT molecular complexity index is 3050. The maximum atomic E-state index is 14.1. The van der Waals surface area contributed by atoms with Gasteiger partial charge < -0.3 is 55.0 Å². The number of non-ortho nitro benzene ring substituents is 1. The molecule has 2 aliphatic rings. The molecule has 2 amide bonds. The van der Waals surface area contributed by atoms with E-state index in [-0.39, 0.29) is 48.0 Å². The maximum Gasteiger partial charge on any atom is 0.407 e. The van der Waals surface area contributed by atoms with E-state index in [2.05, 4.69) is 10.6 Å². The number of ether oxygens (including phenoxy) is 6. The number of hydrogen-bond acceptors (Lipinski definition) is 17. The highest BCUT2D eigenvalue weighted by Crippen LogP contribution is 2.36. The molecule has 2 heterocycles. The summed E-state index contributed by atoms with van der Waals surface area (Å²) in [6.07, 6.45) is -1.42. The minimum atomic E-state index is -4.34. The van der Waals surface area contributed by atoms with Gasteiger partial charge in [0.15, 0.2) is 11.6 Å². The van der Waals surface area contributed by atoms with Crippen LogP contribution in [-0.4, -0.2) is 152 Å². The number of benzene rings is 4. The lowest BCUT2D eigenvalue weighted by atomic mass is 9.86. The zero-order valence-corrected chi connectivity index (χ0v) is 53.6. The van der Waals surface area contributed by atoms with E-state index in [9.17, 15) is 46.8 Å². The number of carbonyl (C=O) groups is 2. The van der Waals surface area contributed by atoms with Gasteiger partial charge in [0, 0.05) is 56.8 Å². The molecular weight excluding hydrogens is 1150 g/mol. The van der Waals surface area contributed by atoms with E-state index in [1.165, 1.54) is 34.6 Å². The summed E-state index contributed by atoms with van der Waals surface area (Å²) in [6.45, 7) is 23.3. The van der Waals surface area contributed by atoms with Crippen LogP contribution in [0.25, 0.3) is 0 Å². The van der Waals surface area contributed by atoms with Gasteiger partial charge >= 0.3 is 12.2 Å². The van der Waals surface area contributed by atoms with E-state index < -0.39 is 102 Å². The van der Waals surface area contributed by atoms with E-state index >= 15 is 0 Å². The van der Waals surface area contributed by atoms with Gasteiger partial charge in [0.1, 0.15) is 11.2 Å². The van der Waals surface area contributed by atoms with Gasteiger partial charge in [-0.3, -0.25) is 10.1 Å². The number of nitro groups is 1. The van der Waals surface area contributed by atoms with Crippen molar-refractivity contribution < 1.29 is 70.0 Å². The van der Waals surface area contributed by atoms with Crippen LogP contribution < -0.4 is 16.4 Å². The van der Waals surface area contributed by atoms with Crippen LogP contribution in [0.1, 0.15) is 120 Å². The number of aliphatic hydroxyl groups is 2. The Hall–Kier alpha value is -5.80. The molecule has 2 unspecified atom stereocenters. The lowest BCUT2D eigenvalue weighted by Crippen LogP contribution is -2.52. The molecular formula is C62H92N6O16S2. The molecule has 2 aliphatic heterocycles. The molecule has 4 atom stereocenters. The minimum Gasteiger partial charge on any atom is -0.444 e. The van der Waals surface area contributed by atoms with E-state index in [0.29, 0.717) is 57.8 Å². The fourth-order valence-electron chi connectivity index (χ4n) is 9.76. The molecule has 6 N–H and O–H groups in total. The summed E-state index contributed by atoms with van der Waals surface area (Å²) in [7, 11) is -8.42. The summed E-state index contributed by atoms with van der Waals surface area (Å²) in [5.74, 6) is -1.49. The number of nitrogen functional groups attached to an aromatic ring is 1. The fourth-order valence-corrected chi connectivity index (χ4v) is 13.2. The number of sulfonamides is 2. The SMILES string of the molecule is CC(C)(CCC1(C)OCCO1)CN(CC(O)[C@H](Cc1ccccc1)NC(=O)OC(C)(C)C)S(=O)(=O)c1cccc(N)c1.CC(C)(CCC1(C)OCCO1)CN(CC(O)[C@H](Cc1ccccc1)NC(=O)OC(C)(C)C)S(=O)(=O)c1cccc([N+](=O)[O-])c1. The Kier molecular flexibility index (Phi) is 24.7. The van der Waals surface area contributed by atoms with Gasteiger partial charge in [-0.05, 0) is 127 Å². The molecule has 2 fully saturated rings. The van der Waals surface area contributed by atoms with Crippen molar-refractivity contribution in [1.82, 2.24) is 19.2 Å². The molecule has 0 radical (unpaired) electrons. The summed E-state index contributed by atoms with van der Waals surface area (Å²) in [5, 5.41) is 40.0. The maximum absolute atomic E-state index is 14.1. The number of alkyl carbamates (subject to hydrolysis) is 2. The Labute approximate surface area is 508 Å². The molecule has 0 saturated carbocycles. The van der Waals surface area contributed by atoms with E-state index in [0.717, 1.165) is 21.5 Å². The molecule has 4 aromatic rings. The lowest BCUT2D eigenvalue weighted by Gasteiger charge is -2.36. The number of nitrogens with zero attached hydrogens (tertiary/aromatic N) is 3. The highest BCUT2D eigenvalue weighted by Gasteiger charge is 2.41. The second kappa shape index (κ2) is 29.9. The van der Waals surface area contributed by atoms with Crippen molar-refractivity contribution in [2.24, 2.45) is 10.8 Å². The van der Waals surface area contributed by atoms with Gasteiger partial charge in [0.25, 0.3) is 5.69 Å². The van der Waals surface area contributed by atoms with Crippen molar-refractivity contribution in [2.45, 2.75) is 178 Å². The number of carbonyl (C=O) groups excluding carboxylic acids is 2. The number of amides is 2. The lowest BCUT2D eigenvalue weighted by molar-refractivity contribution is -0.385. The largest absolute Gasteiger partial charge is 0.444 e. The van der Waals surface area contributed by atoms with Gasteiger partial charge in [0.2, 0.25) is 20.0 Å². The van der Waals surface area contributed by atoms with E-state index in [1.807, 2.05) is 102 Å². The summed E-state index contributed by atoms with van der Waals surface area (Å²) in [4.78, 5) is 36.1. The highest BCUT2D eigenvalue weighted by atomic mass is 32.2. The van der Waals surface area contributed by atoms with Gasteiger partial charge in [-0.2, -0.15) is 8.61 Å². The molecule has 24 heteroatoms. The van der Waals surface area contributed by atoms with E-state index in [4.69, 9.17) is 34.2 Å². The Morgan fingerprint density at radius 1 is 0.605 bits per heavy atom. The first kappa shape index (κ1) is 71.0. The van der Waals surface area contributed by atoms with Crippen LogP contribution in [0.4, 0.5) is 21.0 Å². The van der Waals surface area contributed by atoms with Crippen LogP contribution in [0, 0.1) is 20.9 Å². The second-order valence-corrected chi connectivity index (χ2v) is 29.8. The normalized spacial score (nSPS) is 17.0. The molecule has 478 valence electrons. The quantitative estimate of drug-likeness (QED) is 0.0211. The zero-order valence-electron chi connectivity index (χ0n) is 51.9. The van der Waals surface area contributed by atoms with Gasteiger partial charge in [-0.1, -0.05) is 100 Å². The Morgan fingerprint density at radius 2 is 0.965 bits per heavy atom. The molecule has 0 bridgehead atoms. The molecule has 0 spiro atoms. The second-order valence-electron chi connectivity index (χ2n) is 25.9. The Balaban J connectivity index is 0.000000314. The van der Waals surface area contributed by atoms with Crippen LogP contribution in [0.3, 0.4) is 0 Å². The monoisotopic (exact) mass is 1240 g/mol. The third kappa shape index (κ3) is 23.0. The van der Waals surface area contributed by atoms with Crippen molar-refractivity contribution in [2.75, 3.05) is 58.3 Å². The van der Waals surface area contributed by atoms with E-state index in [1.54, 1.807) is 53.7 Å². The van der Waals surface area contributed by atoms with Crippen LogP contribution in [-0.2, 0) is 61.3 Å². The van der Waals surface area contributed by atoms with Crippen LogP contribution in [0.15, 0.2) is 119 Å². The van der Waals surface area contributed by atoms with Gasteiger partial charge in [-0.25, -0.2) is 26.4 Å². The third-order valence-electron chi connectivity index (χ3n) is 14.4. The van der Waals surface area contributed by atoms with Gasteiger partial charge in [-0.15, -0.1) is 0 Å². The van der Waals surface area contributed by atoms with Crippen LogP contribution in [0.2, 0.25) is 0 Å². The Morgan fingerprint density at radius 3 is 1.31 bits per heavy atom. The first-order chi connectivity index (χ1) is 39.9. The first-order valence-corrected chi connectivity index (χ1v) is 31.8. The molecule has 6 rings (SSSR count). The summed E-state index contributed by atoms with van der Waals surface area (Å²) < 4.78 is 92.4. The highest BCUT2D eigenvalue weighted by molar-refractivity contribution is 7.89. The molecule has 0 aliphatic carbocycles. The number of nitro benzene ring substituents is 1. The zero-order chi connectivity index (χ0) is 63.9. The molecule has 4 aromatic carbocycles. The van der Waals surface area contributed by atoms with Crippen molar-refractivity contribution >= 4 is 43.6 Å². The molecule has 2 saturated heterocycles. The van der Waals surface area contributed by atoms with Crippen molar-refractivity contribution in [3.8, 4) is 0 Å². The van der Waals surface area contributed by atoms with Gasteiger partial charge in [0.05, 0.1) is 65.4 Å². The van der Waals surface area contributed by atoms with Crippen molar-refractivity contribution in [3.63, 3.8) is 0 Å². The smallest absolute Gasteiger partial charge is 0.407 e. The number of rotatable bonds is 27. The fraction of sp³-hybridized carbons (Fsp3) is 0.581. The topological polar surface area (TPSA) is 298 Å². The summed E-state index contributed by atoms with van der Waals surface area (Å²) in [6, 6.07) is 27.7. The summed E-state index contributed by atoms with van der Waals surface area (Å²) in [5.41, 5.74) is 4.87. The number of aliphatic hydroxyl groups excluding tert-OH is 2. The third-order valence-corrected chi connectivity index (χ3v) is 18.0. The molecule has 22 nitrogen and oxygen atoms in total. The number of nitrogens with one attached hydrogen (secondary N) is 2. The molecule has 86 heavy (non-hydrogen) atoms. The first-order valence-electron chi connectivity index (χ1n) is 29.0. The van der Waals surface area contributed by atoms with Crippen LogP contribution in [0.5, 0.6) is 0 Å². The average Bonchev–Trinajstić information content (AvgIpc) is 1.41.